The number of methoxy groups -OCH3 is 1. The number of likely N-dealkylation sites (tertiary alicyclic amines) is 1. The van der Waals surface area contributed by atoms with E-state index in [0.29, 0.717) is 18.7 Å². The first-order valence-electron chi connectivity index (χ1n) is 7.87. The van der Waals surface area contributed by atoms with Gasteiger partial charge in [0.15, 0.2) is 0 Å². The van der Waals surface area contributed by atoms with Gasteiger partial charge in [0.25, 0.3) is 5.91 Å². The number of nitrogens with zero attached hydrogens (tertiary/aromatic N) is 3. The summed E-state index contributed by atoms with van der Waals surface area (Å²) in [5.74, 6) is 0.853. The van der Waals surface area contributed by atoms with Crippen LogP contribution in [0.15, 0.2) is 36.7 Å². The highest BCUT2D eigenvalue weighted by Gasteiger charge is 2.28. The lowest BCUT2D eigenvalue weighted by atomic mass is 10.2. The molecule has 2 aromatic rings. The molecule has 1 aliphatic heterocycles. The van der Waals surface area contributed by atoms with Gasteiger partial charge in [0, 0.05) is 25.3 Å². The molecule has 1 fully saturated rings. The van der Waals surface area contributed by atoms with Crippen molar-refractivity contribution in [1.82, 2.24) is 14.7 Å². The standard InChI is InChI=1S/C17H22N4O2.ClH/c1-23-16-6-4-13(5-7-16)11-20-12-14(10-19-20)17(22)21-8-2-3-15(21)9-18;/h4-7,10,12,15H,2-3,8-9,11,18H2,1H3;1H. The monoisotopic (exact) mass is 350 g/mol. The topological polar surface area (TPSA) is 73.4 Å². The number of hydrogen-bond donors (Lipinski definition) is 1. The van der Waals surface area contributed by atoms with Crippen LogP contribution in [0, 0.1) is 0 Å². The Morgan fingerprint density at radius 2 is 2.12 bits per heavy atom. The summed E-state index contributed by atoms with van der Waals surface area (Å²) in [6.45, 7) is 1.92. The number of halogens is 1. The Bertz CT molecular complexity index is 671. The zero-order chi connectivity index (χ0) is 16.2. The van der Waals surface area contributed by atoms with Crippen molar-refractivity contribution in [3.8, 4) is 5.75 Å². The highest BCUT2D eigenvalue weighted by atomic mass is 35.5. The van der Waals surface area contributed by atoms with E-state index in [1.807, 2.05) is 29.2 Å². The maximum atomic E-state index is 12.6. The van der Waals surface area contributed by atoms with E-state index in [-0.39, 0.29) is 24.4 Å². The van der Waals surface area contributed by atoms with E-state index in [1.165, 1.54) is 0 Å². The van der Waals surface area contributed by atoms with Crippen molar-refractivity contribution in [3.63, 3.8) is 0 Å². The fourth-order valence-corrected chi connectivity index (χ4v) is 2.99. The molecule has 2 N–H and O–H groups in total. The molecule has 0 radical (unpaired) electrons. The molecule has 1 saturated heterocycles. The number of nitrogens with two attached hydrogens (primary N) is 1. The van der Waals surface area contributed by atoms with Crippen LogP contribution in [0.2, 0.25) is 0 Å². The molecular formula is C17H23ClN4O2. The Balaban J connectivity index is 0.00000208. The summed E-state index contributed by atoms with van der Waals surface area (Å²) in [5.41, 5.74) is 7.48. The van der Waals surface area contributed by atoms with Crippen LogP contribution in [0.3, 0.4) is 0 Å². The second-order valence-electron chi connectivity index (χ2n) is 5.80. The van der Waals surface area contributed by atoms with Crippen molar-refractivity contribution in [3.05, 3.63) is 47.8 Å². The second kappa shape index (κ2) is 8.17. The smallest absolute Gasteiger partial charge is 0.257 e. The van der Waals surface area contributed by atoms with Crippen LogP contribution in [0.5, 0.6) is 5.75 Å². The molecule has 130 valence electrons. The van der Waals surface area contributed by atoms with Gasteiger partial charge in [0.1, 0.15) is 5.75 Å². The van der Waals surface area contributed by atoms with Crippen LogP contribution in [0.4, 0.5) is 0 Å². The summed E-state index contributed by atoms with van der Waals surface area (Å²) in [6.07, 6.45) is 5.45. The Hall–Kier alpha value is -2.05. The highest BCUT2D eigenvalue weighted by molar-refractivity contribution is 5.94. The summed E-state index contributed by atoms with van der Waals surface area (Å²) in [6, 6.07) is 7.98. The van der Waals surface area contributed by atoms with Crippen molar-refractivity contribution in [2.75, 3.05) is 20.2 Å². The van der Waals surface area contributed by atoms with Crippen LogP contribution in [0.25, 0.3) is 0 Å². The van der Waals surface area contributed by atoms with Gasteiger partial charge in [-0.25, -0.2) is 0 Å². The summed E-state index contributed by atoms with van der Waals surface area (Å²) < 4.78 is 6.93. The van der Waals surface area contributed by atoms with Crippen molar-refractivity contribution in [1.29, 1.82) is 0 Å². The number of amides is 1. The molecule has 2 heterocycles. The van der Waals surface area contributed by atoms with E-state index in [4.69, 9.17) is 10.5 Å². The lowest BCUT2D eigenvalue weighted by Gasteiger charge is -2.22. The molecule has 1 aliphatic rings. The summed E-state index contributed by atoms with van der Waals surface area (Å²) in [7, 11) is 1.65. The first-order chi connectivity index (χ1) is 11.2. The van der Waals surface area contributed by atoms with Gasteiger partial charge >= 0.3 is 0 Å². The van der Waals surface area contributed by atoms with Gasteiger partial charge in [0.2, 0.25) is 0 Å². The van der Waals surface area contributed by atoms with E-state index in [9.17, 15) is 4.79 Å². The maximum Gasteiger partial charge on any atom is 0.257 e. The molecule has 0 spiro atoms. The van der Waals surface area contributed by atoms with E-state index < -0.39 is 0 Å². The predicted octanol–water partition coefficient (Wildman–Crippen LogP) is 1.93. The largest absolute Gasteiger partial charge is 0.497 e. The molecule has 7 heteroatoms. The third kappa shape index (κ3) is 3.88. The summed E-state index contributed by atoms with van der Waals surface area (Å²) in [4.78, 5) is 14.4. The average molecular weight is 351 g/mol. The van der Waals surface area contributed by atoms with Gasteiger partial charge in [-0.05, 0) is 30.5 Å². The Morgan fingerprint density at radius 1 is 1.38 bits per heavy atom. The summed E-state index contributed by atoms with van der Waals surface area (Å²) >= 11 is 0. The number of hydrogen-bond acceptors (Lipinski definition) is 4. The molecular weight excluding hydrogens is 328 g/mol. The number of carbonyl (C=O) groups is 1. The minimum atomic E-state index is 0. The van der Waals surface area contributed by atoms with Crippen LogP contribution in [-0.4, -0.2) is 46.8 Å². The molecule has 1 atom stereocenters. The third-order valence-corrected chi connectivity index (χ3v) is 4.29. The van der Waals surface area contributed by atoms with Gasteiger partial charge in [-0.2, -0.15) is 5.10 Å². The van der Waals surface area contributed by atoms with Crippen LogP contribution >= 0.6 is 12.4 Å². The van der Waals surface area contributed by atoms with Gasteiger partial charge in [-0.1, -0.05) is 12.1 Å². The number of carbonyl (C=O) groups excluding carboxylic acids is 1. The van der Waals surface area contributed by atoms with Crippen molar-refractivity contribution < 1.29 is 9.53 Å². The molecule has 24 heavy (non-hydrogen) atoms. The highest BCUT2D eigenvalue weighted by Crippen LogP contribution is 2.19. The van der Waals surface area contributed by atoms with Gasteiger partial charge < -0.3 is 15.4 Å². The molecule has 1 amide bonds. The van der Waals surface area contributed by atoms with E-state index >= 15 is 0 Å². The van der Waals surface area contributed by atoms with Crippen molar-refractivity contribution >= 4 is 18.3 Å². The normalized spacial score (nSPS) is 16.8. The molecule has 0 bridgehead atoms. The summed E-state index contributed by atoms with van der Waals surface area (Å²) in [5, 5.41) is 4.30. The fraction of sp³-hybridized carbons (Fsp3) is 0.412. The number of benzene rings is 1. The fourth-order valence-electron chi connectivity index (χ4n) is 2.99. The molecule has 1 unspecified atom stereocenters. The maximum absolute atomic E-state index is 12.6. The zero-order valence-electron chi connectivity index (χ0n) is 13.7. The Kier molecular flexibility index (Phi) is 6.23. The molecule has 3 rings (SSSR count). The zero-order valence-corrected chi connectivity index (χ0v) is 14.5. The number of rotatable bonds is 5. The average Bonchev–Trinajstić information content (AvgIpc) is 3.24. The second-order valence-corrected chi connectivity index (χ2v) is 5.80. The van der Waals surface area contributed by atoms with Crippen molar-refractivity contribution in [2.45, 2.75) is 25.4 Å². The first kappa shape index (κ1) is 18.3. The van der Waals surface area contributed by atoms with Gasteiger partial charge in [0.05, 0.1) is 25.4 Å². The lowest BCUT2D eigenvalue weighted by Crippen LogP contribution is -2.39. The predicted molar refractivity (Wildman–Crippen MR) is 94.7 cm³/mol. The number of aromatic nitrogens is 2. The van der Waals surface area contributed by atoms with Gasteiger partial charge in [-0.15, -0.1) is 12.4 Å². The minimum absolute atomic E-state index is 0. The van der Waals surface area contributed by atoms with E-state index in [0.717, 1.165) is 30.7 Å². The van der Waals surface area contributed by atoms with Crippen molar-refractivity contribution in [2.24, 2.45) is 5.73 Å². The van der Waals surface area contributed by atoms with Gasteiger partial charge in [-0.3, -0.25) is 9.48 Å². The third-order valence-electron chi connectivity index (χ3n) is 4.29. The molecule has 0 saturated carbocycles. The molecule has 1 aromatic heterocycles. The Labute approximate surface area is 148 Å². The molecule has 1 aromatic carbocycles. The SMILES string of the molecule is COc1ccc(Cn2cc(C(=O)N3CCCC3CN)cn2)cc1.Cl. The Morgan fingerprint density at radius 3 is 2.79 bits per heavy atom. The van der Waals surface area contributed by atoms with E-state index in [2.05, 4.69) is 5.10 Å². The van der Waals surface area contributed by atoms with Crippen LogP contribution < -0.4 is 10.5 Å². The lowest BCUT2D eigenvalue weighted by molar-refractivity contribution is 0.0741. The van der Waals surface area contributed by atoms with Crippen LogP contribution in [-0.2, 0) is 6.54 Å². The van der Waals surface area contributed by atoms with Crippen LogP contribution in [0.1, 0.15) is 28.8 Å². The molecule has 0 aliphatic carbocycles. The first-order valence-corrected chi connectivity index (χ1v) is 7.87. The molecule has 6 nitrogen and oxygen atoms in total. The quantitative estimate of drug-likeness (QED) is 0.894. The van der Waals surface area contributed by atoms with E-state index in [1.54, 1.807) is 24.2 Å². The minimum Gasteiger partial charge on any atom is -0.497 e. The number of ether oxygens (including phenoxy) is 1.